The maximum atomic E-state index is 6.39. The molecule has 4 heteroatoms. The summed E-state index contributed by atoms with van der Waals surface area (Å²) in [6.07, 6.45) is 0. The molecular formula is C11H15BO2P+. The summed E-state index contributed by atoms with van der Waals surface area (Å²) in [5, 5.41) is 1.20. The van der Waals surface area contributed by atoms with Crippen LogP contribution in [0.25, 0.3) is 0 Å². The van der Waals surface area contributed by atoms with Crippen LogP contribution in [-0.2, 0) is 0 Å². The first-order chi connectivity index (χ1) is 7.01. The monoisotopic (exact) mass is 221 g/mol. The van der Waals surface area contributed by atoms with Gasteiger partial charge in [-0.2, -0.15) is 0 Å². The minimum Gasteiger partial charge on any atom is -0.454 e. The number of fused-ring (bicyclic) bond motifs is 1. The van der Waals surface area contributed by atoms with Gasteiger partial charge in [0, 0.05) is 12.7 Å². The molecule has 0 aromatic heterocycles. The quantitative estimate of drug-likeness (QED) is 0.562. The van der Waals surface area contributed by atoms with Gasteiger partial charge in [-0.05, 0) is 33.1 Å². The van der Waals surface area contributed by atoms with Gasteiger partial charge < -0.3 is 9.47 Å². The number of rotatable bonds is 2. The summed E-state index contributed by atoms with van der Waals surface area (Å²) in [5.74, 6) is 1.65. The molecule has 0 saturated heterocycles. The van der Waals surface area contributed by atoms with Crippen molar-refractivity contribution in [1.82, 2.24) is 0 Å². The molecule has 0 fully saturated rings. The van der Waals surface area contributed by atoms with Gasteiger partial charge in [0.25, 0.3) is 0 Å². The Kier molecular flexibility index (Phi) is 2.68. The predicted octanol–water partition coefficient (Wildman–Crippen LogP) is 2.18. The smallest absolute Gasteiger partial charge is 0.371 e. The molecule has 0 bridgehead atoms. The lowest BCUT2D eigenvalue weighted by atomic mass is 10.3. The van der Waals surface area contributed by atoms with Crippen LogP contribution in [0.5, 0.6) is 11.5 Å². The van der Waals surface area contributed by atoms with E-state index >= 15 is 0 Å². The fraction of sp³-hybridized carbons (Fsp3) is 0.455. The van der Waals surface area contributed by atoms with Crippen LogP contribution in [0.3, 0.4) is 0 Å². The van der Waals surface area contributed by atoms with E-state index < -0.39 is 7.14 Å². The molecule has 2 rings (SSSR count). The van der Waals surface area contributed by atoms with Gasteiger partial charge in [0.2, 0.25) is 6.79 Å². The molecule has 1 atom stereocenters. The molecule has 0 amide bonds. The summed E-state index contributed by atoms with van der Waals surface area (Å²) in [6, 6.07) is 6.03. The average Bonchev–Trinajstić information content (AvgIpc) is 2.63. The van der Waals surface area contributed by atoms with Crippen LogP contribution in [-0.4, -0.2) is 26.7 Å². The van der Waals surface area contributed by atoms with Crippen molar-refractivity contribution in [1.29, 1.82) is 0 Å². The van der Waals surface area contributed by atoms with E-state index in [-0.39, 0.29) is 0 Å². The Balaban J connectivity index is 2.38. The predicted molar refractivity (Wildman–Crippen MR) is 65.9 cm³/mol. The first kappa shape index (κ1) is 10.8. The Morgan fingerprint density at radius 1 is 1.27 bits per heavy atom. The lowest BCUT2D eigenvalue weighted by molar-refractivity contribution is 0.174. The van der Waals surface area contributed by atoms with Crippen LogP contribution in [0.2, 0.25) is 0 Å². The summed E-state index contributed by atoms with van der Waals surface area (Å²) in [6.45, 7) is 6.80. The third kappa shape index (κ3) is 1.85. The van der Waals surface area contributed by atoms with Gasteiger partial charge in [0.05, 0.1) is 11.0 Å². The maximum absolute atomic E-state index is 6.39. The second-order valence-corrected chi connectivity index (χ2v) is 8.12. The second-order valence-electron chi connectivity index (χ2n) is 4.28. The number of benzene rings is 1. The highest BCUT2D eigenvalue weighted by Gasteiger charge is 2.33. The molecule has 1 unspecified atom stereocenters. The van der Waals surface area contributed by atoms with Crippen LogP contribution in [0.1, 0.15) is 13.8 Å². The fourth-order valence-electron chi connectivity index (χ4n) is 1.48. The van der Waals surface area contributed by atoms with Crippen LogP contribution >= 0.6 is 7.14 Å². The Bertz CT molecular complexity index is 377. The van der Waals surface area contributed by atoms with Gasteiger partial charge in [0.1, 0.15) is 0 Å². The number of hydrogen-bond donors (Lipinski definition) is 0. The van der Waals surface area contributed by atoms with E-state index in [1.165, 1.54) is 5.30 Å². The lowest BCUT2D eigenvalue weighted by Gasteiger charge is -2.22. The summed E-state index contributed by atoms with van der Waals surface area (Å²) >= 11 is 0. The molecule has 1 aliphatic rings. The zero-order chi connectivity index (χ0) is 11.1. The molecule has 1 aromatic rings. The largest absolute Gasteiger partial charge is 0.454 e. The van der Waals surface area contributed by atoms with Crippen molar-refractivity contribution in [3.05, 3.63) is 18.2 Å². The Morgan fingerprint density at radius 2 is 1.93 bits per heavy atom. The van der Waals surface area contributed by atoms with Gasteiger partial charge in [-0.3, -0.25) is 0 Å². The minimum atomic E-state index is -1.53. The summed E-state index contributed by atoms with van der Waals surface area (Å²) in [4.78, 5) is 0. The third-order valence-corrected chi connectivity index (χ3v) is 6.52. The second kappa shape index (κ2) is 3.71. The molecule has 1 heterocycles. The molecule has 2 nitrogen and oxygen atoms in total. The molecule has 2 radical (unpaired) electrons. The van der Waals surface area contributed by atoms with Crippen molar-refractivity contribution in [2.75, 3.05) is 13.5 Å². The first-order valence-corrected chi connectivity index (χ1v) is 7.44. The topological polar surface area (TPSA) is 18.5 Å². The molecule has 1 aliphatic heterocycles. The molecule has 0 N–H and O–H groups in total. The molecule has 78 valence electrons. The maximum Gasteiger partial charge on any atom is 0.371 e. The molecule has 1 aromatic carbocycles. The normalized spacial score (nSPS) is 17.9. The highest BCUT2D eigenvalue weighted by Crippen LogP contribution is 2.54. The molecule has 0 saturated carbocycles. The lowest BCUT2D eigenvalue weighted by Crippen LogP contribution is -2.17. The van der Waals surface area contributed by atoms with Gasteiger partial charge in [-0.25, -0.2) is 0 Å². The summed E-state index contributed by atoms with van der Waals surface area (Å²) in [7, 11) is 4.86. The zero-order valence-electron chi connectivity index (χ0n) is 9.36. The first-order valence-electron chi connectivity index (χ1n) is 5.07. The van der Waals surface area contributed by atoms with Gasteiger partial charge in [0.15, 0.2) is 11.5 Å². The van der Waals surface area contributed by atoms with Crippen molar-refractivity contribution < 1.29 is 9.47 Å². The summed E-state index contributed by atoms with van der Waals surface area (Å²) < 4.78 is 10.6. The Hall–Kier alpha value is -0.685. The van der Waals surface area contributed by atoms with Crippen molar-refractivity contribution >= 4 is 20.0 Å². The van der Waals surface area contributed by atoms with Gasteiger partial charge in [-0.1, -0.05) is 0 Å². The highest BCUT2D eigenvalue weighted by atomic mass is 31.2. The van der Waals surface area contributed by atoms with E-state index in [1.807, 2.05) is 12.1 Å². The standard InChI is InChI=1S/C11H15BO2P/c1-8(2)15(3,12)9-4-5-10-11(6-9)14-7-13-10/h4-6,8H,7H2,1-3H3/q+1. The summed E-state index contributed by atoms with van der Waals surface area (Å²) in [5.41, 5.74) is 0.484. The van der Waals surface area contributed by atoms with Crippen molar-refractivity contribution in [2.24, 2.45) is 0 Å². The number of hydrogen-bond acceptors (Lipinski definition) is 2. The minimum absolute atomic E-state index is 0.320. The van der Waals surface area contributed by atoms with E-state index in [2.05, 4.69) is 26.6 Å². The van der Waals surface area contributed by atoms with Crippen LogP contribution in [0.4, 0.5) is 0 Å². The molecule has 15 heavy (non-hydrogen) atoms. The highest BCUT2D eigenvalue weighted by molar-refractivity contribution is 8.03. The number of ether oxygens (including phenoxy) is 2. The van der Waals surface area contributed by atoms with Crippen molar-refractivity contribution in [3.8, 4) is 11.5 Å². The van der Waals surface area contributed by atoms with Crippen LogP contribution in [0, 0.1) is 0 Å². The van der Waals surface area contributed by atoms with E-state index in [1.54, 1.807) is 0 Å². The van der Waals surface area contributed by atoms with Crippen molar-refractivity contribution in [2.45, 2.75) is 19.5 Å². The van der Waals surface area contributed by atoms with Gasteiger partial charge >= 0.3 is 7.57 Å². The van der Waals surface area contributed by atoms with Crippen LogP contribution in [0.15, 0.2) is 18.2 Å². The third-order valence-electron chi connectivity index (χ3n) is 2.99. The van der Waals surface area contributed by atoms with Crippen LogP contribution < -0.4 is 14.8 Å². The van der Waals surface area contributed by atoms with E-state index in [0.29, 0.717) is 12.5 Å². The molecule has 0 spiro atoms. The van der Waals surface area contributed by atoms with Crippen molar-refractivity contribution in [3.63, 3.8) is 0 Å². The fourth-order valence-corrected chi connectivity index (χ4v) is 2.87. The molecular weight excluding hydrogens is 206 g/mol. The SMILES string of the molecule is [B][P+](C)(c1ccc2c(c1)OCO2)C(C)C. The Morgan fingerprint density at radius 3 is 2.60 bits per heavy atom. The van der Waals surface area contributed by atoms with E-state index in [4.69, 9.17) is 17.0 Å². The molecule has 0 aliphatic carbocycles. The average molecular weight is 221 g/mol. The zero-order valence-corrected chi connectivity index (χ0v) is 10.3. The van der Waals surface area contributed by atoms with E-state index in [9.17, 15) is 0 Å². The van der Waals surface area contributed by atoms with E-state index in [0.717, 1.165) is 11.5 Å². The Labute approximate surface area is 92.7 Å². The van der Waals surface area contributed by atoms with Gasteiger partial charge in [-0.15, -0.1) is 0 Å².